The molecule has 2 aromatic heterocycles. The van der Waals surface area contributed by atoms with Crippen LogP contribution in [0.5, 0.6) is 0 Å². The van der Waals surface area contributed by atoms with Crippen LogP contribution in [-0.2, 0) is 6.54 Å². The highest BCUT2D eigenvalue weighted by molar-refractivity contribution is 5.19. The Morgan fingerprint density at radius 2 is 2.17 bits per heavy atom. The van der Waals surface area contributed by atoms with Gasteiger partial charge in [-0.15, -0.1) is 0 Å². The van der Waals surface area contributed by atoms with E-state index < -0.39 is 5.60 Å². The van der Waals surface area contributed by atoms with Gasteiger partial charge in [-0.05, 0) is 44.7 Å². The monoisotopic (exact) mass is 329 g/mol. The van der Waals surface area contributed by atoms with Gasteiger partial charge in [-0.3, -0.25) is 14.3 Å². The van der Waals surface area contributed by atoms with Crippen LogP contribution in [0.25, 0.3) is 5.82 Å². The molecule has 0 aromatic carbocycles. The lowest BCUT2D eigenvalue weighted by Gasteiger charge is -2.41. The molecule has 4 rings (SSSR count). The molecule has 0 radical (unpaired) electrons. The van der Waals surface area contributed by atoms with E-state index in [4.69, 9.17) is 0 Å². The van der Waals surface area contributed by atoms with Crippen LogP contribution in [0.15, 0.2) is 35.6 Å². The van der Waals surface area contributed by atoms with E-state index in [1.54, 1.807) is 33.9 Å². The average Bonchev–Trinajstić information content (AvgIpc) is 3.20. The molecule has 7 nitrogen and oxygen atoms in total. The normalized spacial score (nSPS) is 23.3. The van der Waals surface area contributed by atoms with Gasteiger partial charge in [-0.25, -0.2) is 9.67 Å². The number of rotatable bonds is 5. The minimum Gasteiger partial charge on any atom is -0.389 e. The molecule has 2 aliphatic rings. The molecule has 1 atom stereocenters. The lowest BCUT2D eigenvalue weighted by atomic mass is 9.80. The first-order valence-corrected chi connectivity index (χ1v) is 8.66. The summed E-state index contributed by atoms with van der Waals surface area (Å²) in [4.78, 5) is 18.5. The van der Waals surface area contributed by atoms with Crippen LogP contribution in [-0.4, -0.2) is 54.1 Å². The summed E-state index contributed by atoms with van der Waals surface area (Å²) in [5.41, 5.74) is -0.604. The van der Waals surface area contributed by atoms with E-state index in [0.717, 1.165) is 38.6 Å². The third-order valence-electron chi connectivity index (χ3n) is 5.29. The number of nitrogens with zero attached hydrogens (tertiary/aromatic N) is 5. The van der Waals surface area contributed by atoms with Crippen molar-refractivity contribution >= 4 is 0 Å². The molecular weight excluding hydrogens is 306 g/mol. The fraction of sp³-hybridized carbons (Fsp3) is 0.588. The molecule has 1 saturated heterocycles. The third-order valence-corrected chi connectivity index (χ3v) is 5.29. The van der Waals surface area contributed by atoms with Crippen molar-refractivity contribution in [2.24, 2.45) is 0 Å². The van der Waals surface area contributed by atoms with Gasteiger partial charge in [0, 0.05) is 31.0 Å². The summed E-state index contributed by atoms with van der Waals surface area (Å²) in [7, 11) is 0. The molecule has 2 aromatic rings. The van der Waals surface area contributed by atoms with Gasteiger partial charge >= 0.3 is 0 Å². The van der Waals surface area contributed by atoms with Crippen LogP contribution in [0.4, 0.5) is 0 Å². The predicted molar refractivity (Wildman–Crippen MR) is 89.0 cm³/mol. The first-order chi connectivity index (χ1) is 11.6. The molecule has 1 saturated carbocycles. The van der Waals surface area contributed by atoms with Gasteiger partial charge in [-0.2, -0.15) is 5.10 Å². The fourth-order valence-corrected chi connectivity index (χ4v) is 3.73. The Hall–Kier alpha value is -1.99. The van der Waals surface area contributed by atoms with Crippen molar-refractivity contribution in [2.45, 2.75) is 50.3 Å². The highest BCUT2D eigenvalue weighted by atomic mass is 16.3. The molecule has 24 heavy (non-hydrogen) atoms. The molecule has 1 aliphatic heterocycles. The van der Waals surface area contributed by atoms with Crippen molar-refractivity contribution in [2.75, 3.05) is 13.1 Å². The van der Waals surface area contributed by atoms with Crippen LogP contribution >= 0.6 is 0 Å². The second-order valence-corrected chi connectivity index (χ2v) is 7.03. The number of hydrogen-bond donors (Lipinski definition) is 1. The van der Waals surface area contributed by atoms with Crippen LogP contribution < -0.4 is 5.56 Å². The molecule has 1 aliphatic carbocycles. The molecule has 3 heterocycles. The Morgan fingerprint density at radius 1 is 1.29 bits per heavy atom. The molecule has 0 amide bonds. The molecule has 1 N–H and O–H groups in total. The Bertz CT molecular complexity index is 751. The number of imidazole rings is 1. The summed E-state index contributed by atoms with van der Waals surface area (Å²) >= 11 is 0. The summed E-state index contributed by atoms with van der Waals surface area (Å²) < 4.78 is 3.34. The predicted octanol–water partition coefficient (Wildman–Crippen LogP) is 0.808. The molecule has 1 unspecified atom stereocenters. The zero-order chi connectivity index (χ0) is 16.6. The second-order valence-electron chi connectivity index (χ2n) is 7.03. The van der Waals surface area contributed by atoms with Crippen LogP contribution in [0, 0.1) is 0 Å². The van der Waals surface area contributed by atoms with Crippen LogP contribution in [0.1, 0.15) is 32.1 Å². The molecule has 128 valence electrons. The van der Waals surface area contributed by atoms with Gasteiger partial charge < -0.3 is 5.11 Å². The quantitative estimate of drug-likeness (QED) is 0.878. The number of hydrogen-bond acceptors (Lipinski definition) is 5. The van der Waals surface area contributed by atoms with Crippen LogP contribution in [0.2, 0.25) is 0 Å². The topological polar surface area (TPSA) is 76.2 Å². The fourth-order valence-electron chi connectivity index (χ4n) is 3.73. The van der Waals surface area contributed by atoms with Gasteiger partial charge in [0.1, 0.15) is 6.33 Å². The van der Waals surface area contributed by atoms with Crippen molar-refractivity contribution in [3.63, 3.8) is 0 Å². The summed E-state index contributed by atoms with van der Waals surface area (Å²) in [6, 6.07) is 3.53. The number of aliphatic hydroxyl groups is 1. The zero-order valence-corrected chi connectivity index (χ0v) is 13.7. The Balaban J connectivity index is 1.51. The number of aromatic nitrogens is 4. The highest BCUT2D eigenvalue weighted by Crippen LogP contribution is 2.34. The summed E-state index contributed by atoms with van der Waals surface area (Å²) in [6.07, 6.45) is 10.2. The van der Waals surface area contributed by atoms with Crippen LogP contribution in [0.3, 0.4) is 0 Å². The molecule has 7 heteroatoms. The standard InChI is InChI=1S/C17H23N5O2/c23-16-5-4-15(21-10-8-18-13-21)19-22(16)11-14-3-1-9-20(14)12-17(24)6-2-7-17/h4-5,8,10,13-14,24H,1-3,6-7,9,11-12H2. The van der Waals surface area contributed by atoms with Crippen molar-refractivity contribution in [1.29, 1.82) is 0 Å². The Kier molecular flexibility index (Phi) is 3.97. The average molecular weight is 329 g/mol. The first kappa shape index (κ1) is 15.5. The van der Waals surface area contributed by atoms with E-state index >= 15 is 0 Å². The van der Waals surface area contributed by atoms with Gasteiger partial charge in [0.15, 0.2) is 5.82 Å². The maximum atomic E-state index is 12.2. The van der Waals surface area contributed by atoms with Gasteiger partial charge in [-0.1, -0.05) is 0 Å². The zero-order valence-electron chi connectivity index (χ0n) is 13.7. The summed E-state index contributed by atoms with van der Waals surface area (Å²) in [5.74, 6) is 0.689. The van der Waals surface area contributed by atoms with Gasteiger partial charge in [0.25, 0.3) is 5.56 Å². The largest absolute Gasteiger partial charge is 0.389 e. The lowest BCUT2D eigenvalue weighted by molar-refractivity contribution is -0.0621. The highest BCUT2D eigenvalue weighted by Gasteiger charge is 2.39. The molecule has 2 fully saturated rings. The minimum absolute atomic E-state index is 0.0897. The van der Waals surface area contributed by atoms with E-state index in [2.05, 4.69) is 15.0 Å². The van der Waals surface area contributed by atoms with Gasteiger partial charge in [0.2, 0.25) is 0 Å². The molecular formula is C17H23N5O2. The van der Waals surface area contributed by atoms with Crippen molar-refractivity contribution in [3.8, 4) is 5.82 Å². The lowest BCUT2D eigenvalue weighted by Crippen LogP contribution is -2.50. The summed E-state index contributed by atoms with van der Waals surface area (Å²) in [6.45, 7) is 2.27. The molecule has 0 spiro atoms. The van der Waals surface area contributed by atoms with Crippen molar-refractivity contribution < 1.29 is 5.11 Å². The number of β-amino-alcohol motifs (C(OH)–C–C–N with tert-alkyl or cyclic N) is 1. The van der Waals surface area contributed by atoms with Crippen molar-refractivity contribution in [3.05, 3.63) is 41.2 Å². The van der Waals surface area contributed by atoms with E-state index in [9.17, 15) is 9.90 Å². The van der Waals surface area contributed by atoms with E-state index in [1.165, 1.54) is 0 Å². The van der Waals surface area contributed by atoms with E-state index in [0.29, 0.717) is 18.9 Å². The smallest absolute Gasteiger partial charge is 0.266 e. The maximum Gasteiger partial charge on any atom is 0.266 e. The van der Waals surface area contributed by atoms with E-state index in [-0.39, 0.29) is 11.6 Å². The Morgan fingerprint density at radius 3 is 2.88 bits per heavy atom. The first-order valence-electron chi connectivity index (χ1n) is 8.66. The SMILES string of the molecule is O=c1ccc(-n2ccnc2)nn1CC1CCCN1CC1(O)CCC1. The van der Waals surface area contributed by atoms with Crippen molar-refractivity contribution in [1.82, 2.24) is 24.2 Å². The van der Waals surface area contributed by atoms with Gasteiger partial charge in [0.05, 0.1) is 12.1 Å². The van der Waals surface area contributed by atoms with E-state index in [1.807, 2.05) is 6.20 Å². The third kappa shape index (κ3) is 3.01. The second kappa shape index (κ2) is 6.14. The summed E-state index contributed by atoms with van der Waals surface area (Å²) in [5, 5.41) is 14.9. The Labute approximate surface area is 140 Å². The molecule has 0 bridgehead atoms. The number of likely N-dealkylation sites (tertiary alicyclic amines) is 1. The maximum absolute atomic E-state index is 12.2. The minimum atomic E-state index is -0.514.